The van der Waals surface area contributed by atoms with Gasteiger partial charge in [0.05, 0.1) is 16.6 Å². The summed E-state index contributed by atoms with van der Waals surface area (Å²) in [6, 6.07) is 0.422. The minimum atomic E-state index is -4.93. The van der Waals surface area contributed by atoms with Gasteiger partial charge in [-0.25, -0.2) is 9.18 Å². The Kier molecular flexibility index (Phi) is 5.45. The SMILES string of the molecule is CCNC[C@@H]1CCN(c2c(F)cc3c(=O)c(C(=O)O)cn(C4CC4)c3c2C(F)(F)F)C1. The molecule has 31 heavy (non-hydrogen) atoms. The number of hydrogen-bond acceptors (Lipinski definition) is 4. The summed E-state index contributed by atoms with van der Waals surface area (Å²) in [7, 11) is 0. The van der Waals surface area contributed by atoms with Gasteiger partial charge in [-0.1, -0.05) is 6.92 Å². The summed E-state index contributed by atoms with van der Waals surface area (Å²) >= 11 is 0. The van der Waals surface area contributed by atoms with Crippen LogP contribution < -0.4 is 15.6 Å². The Balaban J connectivity index is 1.97. The monoisotopic (exact) mass is 441 g/mol. The van der Waals surface area contributed by atoms with Gasteiger partial charge >= 0.3 is 12.1 Å². The number of alkyl halides is 3. The van der Waals surface area contributed by atoms with Crippen LogP contribution in [0.3, 0.4) is 0 Å². The predicted octanol–water partition coefficient (Wildman–Crippen LogP) is 3.63. The molecule has 0 spiro atoms. The number of pyridine rings is 1. The zero-order valence-corrected chi connectivity index (χ0v) is 16.9. The summed E-state index contributed by atoms with van der Waals surface area (Å²) in [4.78, 5) is 25.5. The van der Waals surface area contributed by atoms with Gasteiger partial charge in [-0.2, -0.15) is 13.2 Å². The largest absolute Gasteiger partial charge is 0.477 e. The molecule has 0 unspecified atom stereocenters. The molecule has 6 nitrogen and oxygen atoms in total. The third kappa shape index (κ3) is 3.88. The second-order valence-electron chi connectivity index (χ2n) is 8.20. The zero-order chi connectivity index (χ0) is 22.5. The molecule has 1 aliphatic carbocycles. The molecule has 1 aromatic heterocycles. The zero-order valence-electron chi connectivity index (χ0n) is 16.9. The third-order valence-corrected chi connectivity index (χ3v) is 5.98. The fourth-order valence-corrected chi connectivity index (χ4v) is 4.40. The summed E-state index contributed by atoms with van der Waals surface area (Å²) in [6.45, 7) is 3.81. The van der Waals surface area contributed by atoms with Crippen molar-refractivity contribution in [1.29, 1.82) is 0 Å². The van der Waals surface area contributed by atoms with E-state index >= 15 is 4.39 Å². The number of nitrogens with zero attached hydrogens (tertiary/aromatic N) is 2. The van der Waals surface area contributed by atoms with E-state index in [2.05, 4.69) is 5.32 Å². The van der Waals surface area contributed by atoms with Gasteiger partial charge in [0.25, 0.3) is 0 Å². The van der Waals surface area contributed by atoms with Gasteiger partial charge in [-0.15, -0.1) is 0 Å². The molecule has 2 fully saturated rings. The quantitative estimate of drug-likeness (QED) is 0.670. The molecular formula is C21H23F4N3O3. The maximum atomic E-state index is 15.1. The fraction of sp³-hybridized carbons (Fsp3) is 0.524. The Bertz CT molecular complexity index is 1090. The highest BCUT2D eigenvalue weighted by molar-refractivity contribution is 5.95. The molecule has 4 rings (SSSR count). The van der Waals surface area contributed by atoms with Gasteiger partial charge in [0.15, 0.2) is 0 Å². The second kappa shape index (κ2) is 7.81. The topological polar surface area (TPSA) is 74.6 Å². The lowest BCUT2D eigenvalue weighted by atomic mass is 10.0. The number of aromatic carboxylic acids is 1. The van der Waals surface area contributed by atoms with Crippen molar-refractivity contribution >= 4 is 22.6 Å². The molecule has 1 aromatic carbocycles. The fourth-order valence-electron chi connectivity index (χ4n) is 4.40. The van der Waals surface area contributed by atoms with Crippen molar-refractivity contribution < 1.29 is 27.5 Å². The number of carbonyl (C=O) groups is 1. The van der Waals surface area contributed by atoms with E-state index < -0.39 is 51.1 Å². The first-order valence-corrected chi connectivity index (χ1v) is 10.3. The number of rotatable bonds is 6. The summed E-state index contributed by atoms with van der Waals surface area (Å²) < 4.78 is 59.3. The normalized spacial score (nSPS) is 19.4. The first-order valence-electron chi connectivity index (χ1n) is 10.3. The average molecular weight is 441 g/mol. The number of hydrogen-bond donors (Lipinski definition) is 2. The van der Waals surface area contributed by atoms with Gasteiger partial charge < -0.3 is 19.9 Å². The van der Waals surface area contributed by atoms with Gasteiger partial charge in [-0.3, -0.25) is 4.79 Å². The Morgan fingerprint density at radius 2 is 2.00 bits per heavy atom. The molecule has 10 heteroatoms. The minimum Gasteiger partial charge on any atom is -0.477 e. The van der Waals surface area contributed by atoms with Crippen molar-refractivity contribution in [2.75, 3.05) is 31.1 Å². The summed E-state index contributed by atoms with van der Waals surface area (Å²) in [5.41, 5.74) is -3.96. The molecular weight excluding hydrogens is 418 g/mol. The van der Waals surface area contributed by atoms with E-state index in [1.807, 2.05) is 6.92 Å². The van der Waals surface area contributed by atoms with Crippen LogP contribution in [0, 0.1) is 11.7 Å². The number of halogens is 4. The number of benzene rings is 1. The van der Waals surface area contributed by atoms with Crippen LogP contribution in [0.4, 0.5) is 23.2 Å². The summed E-state index contributed by atoms with van der Waals surface area (Å²) in [6.07, 6.45) is -2.21. The highest BCUT2D eigenvalue weighted by Crippen LogP contribution is 2.46. The lowest BCUT2D eigenvalue weighted by Gasteiger charge is -2.27. The number of carboxylic acids is 1. The first-order chi connectivity index (χ1) is 14.6. The molecule has 2 N–H and O–H groups in total. The number of nitrogens with one attached hydrogen (secondary N) is 1. The van der Waals surface area contributed by atoms with Crippen molar-refractivity contribution in [3.05, 3.63) is 39.4 Å². The van der Waals surface area contributed by atoms with E-state index in [0.29, 0.717) is 25.8 Å². The van der Waals surface area contributed by atoms with Crippen LogP contribution >= 0.6 is 0 Å². The Morgan fingerprint density at radius 1 is 1.29 bits per heavy atom. The Morgan fingerprint density at radius 3 is 2.58 bits per heavy atom. The Hall–Kier alpha value is -2.62. The summed E-state index contributed by atoms with van der Waals surface area (Å²) in [5, 5.41) is 11.9. The predicted molar refractivity (Wildman–Crippen MR) is 107 cm³/mol. The number of aromatic nitrogens is 1. The first kappa shape index (κ1) is 21.6. The number of carboxylic acid groups (broad SMARTS) is 1. The van der Waals surface area contributed by atoms with Crippen LogP contribution in [0.5, 0.6) is 0 Å². The van der Waals surface area contributed by atoms with Crippen molar-refractivity contribution in [2.24, 2.45) is 5.92 Å². The highest BCUT2D eigenvalue weighted by atomic mass is 19.4. The van der Waals surface area contributed by atoms with E-state index in [0.717, 1.165) is 18.8 Å². The molecule has 1 saturated heterocycles. The van der Waals surface area contributed by atoms with Crippen LogP contribution in [0.15, 0.2) is 17.1 Å². The molecule has 2 aliphatic rings. The van der Waals surface area contributed by atoms with Crippen LogP contribution in [-0.4, -0.2) is 41.8 Å². The molecule has 0 bridgehead atoms. The number of anilines is 1. The smallest absolute Gasteiger partial charge is 0.420 e. The lowest BCUT2D eigenvalue weighted by molar-refractivity contribution is -0.136. The van der Waals surface area contributed by atoms with E-state index in [4.69, 9.17) is 0 Å². The van der Waals surface area contributed by atoms with Gasteiger partial charge in [0.1, 0.15) is 16.9 Å². The third-order valence-electron chi connectivity index (χ3n) is 5.98. The van der Waals surface area contributed by atoms with Gasteiger partial charge in [0, 0.05) is 25.3 Å². The number of fused-ring (bicyclic) bond motifs is 1. The van der Waals surface area contributed by atoms with Crippen molar-refractivity contribution in [2.45, 2.75) is 38.4 Å². The van der Waals surface area contributed by atoms with Gasteiger partial charge in [0.2, 0.25) is 5.43 Å². The maximum absolute atomic E-state index is 15.1. The molecule has 1 atom stereocenters. The molecule has 0 amide bonds. The van der Waals surface area contributed by atoms with Gasteiger partial charge in [-0.05, 0) is 44.3 Å². The highest BCUT2D eigenvalue weighted by Gasteiger charge is 2.43. The van der Waals surface area contributed by atoms with Crippen molar-refractivity contribution in [3.63, 3.8) is 0 Å². The van der Waals surface area contributed by atoms with Crippen LogP contribution in [0.25, 0.3) is 10.9 Å². The second-order valence-corrected chi connectivity index (χ2v) is 8.20. The van der Waals surface area contributed by atoms with Crippen molar-refractivity contribution in [1.82, 2.24) is 9.88 Å². The average Bonchev–Trinajstić information content (AvgIpc) is 3.43. The lowest BCUT2D eigenvalue weighted by Crippen LogP contribution is -2.29. The van der Waals surface area contributed by atoms with E-state index in [1.165, 1.54) is 9.47 Å². The molecule has 0 radical (unpaired) electrons. The molecule has 2 aromatic rings. The minimum absolute atomic E-state index is 0.0798. The van der Waals surface area contributed by atoms with E-state index in [-0.39, 0.29) is 25.0 Å². The molecule has 2 heterocycles. The van der Waals surface area contributed by atoms with Crippen LogP contribution in [0.2, 0.25) is 0 Å². The maximum Gasteiger partial charge on any atom is 0.420 e. The van der Waals surface area contributed by atoms with E-state index in [1.54, 1.807) is 0 Å². The van der Waals surface area contributed by atoms with Crippen LogP contribution in [0.1, 0.15) is 48.1 Å². The van der Waals surface area contributed by atoms with E-state index in [9.17, 15) is 27.9 Å². The molecule has 1 aliphatic heterocycles. The summed E-state index contributed by atoms with van der Waals surface area (Å²) in [5.74, 6) is -2.63. The van der Waals surface area contributed by atoms with Crippen LogP contribution in [-0.2, 0) is 6.18 Å². The Labute approximate surface area is 175 Å². The molecule has 1 saturated carbocycles. The molecule has 168 valence electrons. The standard InChI is InChI=1S/C21H23F4N3O3/c1-2-26-8-11-5-6-27(9-11)18-15(22)7-13-17(16(18)21(23,24)25)28(12-3-4-12)10-14(19(13)29)20(30)31/h7,10-12,26H,2-6,8-9H2,1H3,(H,30,31)/t11-/m0/s1. The van der Waals surface area contributed by atoms with Crippen molar-refractivity contribution in [3.8, 4) is 0 Å².